The molecule has 1 aliphatic heterocycles. The SMILES string of the molecule is CC(C)CNC(=O)CN1C(=O)NC(C)(C2CC2)C1=O. The van der Waals surface area contributed by atoms with Crippen molar-refractivity contribution >= 4 is 17.8 Å². The van der Waals surface area contributed by atoms with Crippen LogP contribution in [0, 0.1) is 11.8 Å². The van der Waals surface area contributed by atoms with E-state index < -0.39 is 11.6 Å². The maximum Gasteiger partial charge on any atom is 0.325 e. The Morgan fingerprint density at radius 3 is 2.63 bits per heavy atom. The van der Waals surface area contributed by atoms with Gasteiger partial charge in [-0.1, -0.05) is 13.8 Å². The minimum atomic E-state index is -0.810. The maximum absolute atomic E-state index is 12.3. The van der Waals surface area contributed by atoms with E-state index in [1.807, 2.05) is 13.8 Å². The average molecular weight is 267 g/mol. The predicted octanol–water partition coefficient (Wildman–Crippen LogP) is 0.479. The Morgan fingerprint density at radius 1 is 1.47 bits per heavy atom. The molecule has 0 aromatic rings. The van der Waals surface area contributed by atoms with Crippen molar-refractivity contribution in [2.24, 2.45) is 11.8 Å². The molecule has 2 rings (SSSR count). The Kier molecular flexibility index (Phi) is 3.52. The van der Waals surface area contributed by atoms with E-state index >= 15 is 0 Å². The number of rotatable bonds is 5. The van der Waals surface area contributed by atoms with E-state index in [2.05, 4.69) is 10.6 Å². The van der Waals surface area contributed by atoms with Crippen LogP contribution in [0.1, 0.15) is 33.6 Å². The first-order valence-electron chi connectivity index (χ1n) is 6.75. The summed E-state index contributed by atoms with van der Waals surface area (Å²) >= 11 is 0. The monoisotopic (exact) mass is 267 g/mol. The molecule has 0 spiro atoms. The molecule has 1 saturated heterocycles. The molecular weight excluding hydrogens is 246 g/mol. The zero-order chi connectivity index (χ0) is 14.2. The van der Waals surface area contributed by atoms with Crippen LogP contribution in [0.15, 0.2) is 0 Å². The number of carbonyl (C=O) groups excluding carboxylic acids is 3. The average Bonchev–Trinajstić information content (AvgIpc) is 3.13. The van der Waals surface area contributed by atoms with Gasteiger partial charge in [0.05, 0.1) is 0 Å². The number of carbonyl (C=O) groups is 3. The van der Waals surface area contributed by atoms with Gasteiger partial charge in [0, 0.05) is 6.54 Å². The van der Waals surface area contributed by atoms with Crippen molar-refractivity contribution in [3.05, 3.63) is 0 Å². The molecule has 6 heteroatoms. The minimum Gasteiger partial charge on any atom is -0.354 e. The summed E-state index contributed by atoms with van der Waals surface area (Å²) in [6, 6.07) is -0.459. The fraction of sp³-hybridized carbons (Fsp3) is 0.769. The molecule has 2 N–H and O–H groups in total. The van der Waals surface area contributed by atoms with Crippen LogP contribution in [0.4, 0.5) is 4.79 Å². The van der Waals surface area contributed by atoms with Crippen molar-refractivity contribution in [2.75, 3.05) is 13.1 Å². The molecule has 2 fully saturated rings. The van der Waals surface area contributed by atoms with Crippen molar-refractivity contribution in [3.63, 3.8) is 0 Å². The van der Waals surface area contributed by atoms with E-state index in [0.29, 0.717) is 12.5 Å². The van der Waals surface area contributed by atoms with Gasteiger partial charge >= 0.3 is 6.03 Å². The third-order valence-corrected chi connectivity index (χ3v) is 3.70. The third kappa shape index (κ3) is 2.72. The van der Waals surface area contributed by atoms with E-state index in [9.17, 15) is 14.4 Å². The summed E-state index contributed by atoms with van der Waals surface area (Å²) in [6.45, 7) is 6.06. The van der Waals surface area contributed by atoms with Gasteiger partial charge in [-0.15, -0.1) is 0 Å². The number of urea groups is 1. The summed E-state index contributed by atoms with van der Waals surface area (Å²) < 4.78 is 0. The Hall–Kier alpha value is -1.59. The highest BCUT2D eigenvalue weighted by Crippen LogP contribution is 2.42. The molecule has 0 radical (unpaired) electrons. The standard InChI is InChI=1S/C13H21N3O3/c1-8(2)6-14-10(17)7-16-11(18)13(3,9-4-5-9)15-12(16)19/h8-9H,4-7H2,1-3H3,(H,14,17)(H,15,19). The Bertz CT molecular complexity index is 417. The number of nitrogens with zero attached hydrogens (tertiary/aromatic N) is 1. The summed E-state index contributed by atoms with van der Waals surface area (Å²) in [5, 5.41) is 5.43. The van der Waals surface area contributed by atoms with Crippen LogP contribution in [0.3, 0.4) is 0 Å². The molecule has 0 bridgehead atoms. The van der Waals surface area contributed by atoms with Crippen molar-refractivity contribution in [2.45, 2.75) is 39.2 Å². The zero-order valence-electron chi connectivity index (χ0n) is 11.7. The molecule has 1 unspecified atom stereocenters. The number of imide groups is 1. The molecule has 1 aliphatic carbocycles. The van der Waals surface area contributed by atoms with Crippen LogP contribution < -0.4 is 10.6 Å². The van der Waals surface area contributed by atoms with Crippen molar-refractivity contribution in [1.82, 2.24) is 15.5 Å². The zero-order valence-corrected chi connectivity index (χ0v) is 11.7. The van der Waals surface area contributed by atoms with Crippen LogP contribution in [0.5, 0.6) is 0 Å². The molecule has 106 valence electrons. The second-order valence-corrected chi connectivity index (χ2v) is 6.00. The van der Waals surface area contributed by atoms with Crippen LogP contribution in [-0.4, -0.2) is 41.4 Å². The molecule has 1 saturated carbocycles. The third-order valence-electron chi connectivity index (χ3n) is 3.70. The Labute approximate surface area is 112 Å². The van der Waals surface area contributed by atoms with Crippen LogP contribution >= 0.6 is 0 Å². The van der Waals surface area contributed by atoms with Gasteiger partial charge < -0.3 is 10.6 Å². The fourth-order valence-electron chi connectivity index (χ4n) is 2.31. The van der Waals surface area contributed by atoms with Crippen molar-refractivity contribution < 1.29 is 14.4 Å². The lowest BCUT2D eigenvalue weighted by Gasteiger charge is -2.20. The lowest BCUT2D eigenvalue weighted by atomic mass is 9.96. The molecule has 6 nitrogen and oxygen atoms in total. The summed E-state index contributed by atoms with van der Waals surface area (Å²) in [5.74, 6) is -0.0200. The van der Waals surface area contributed by atoms with E-state index in [0.717, 1.165) is 17.7 Å². The smallest absolute Gasteiger partial charge is 0.325 e. The van der Waals surface area contributed by atoms with Gasteiger partial charge in [0.1, 0.15) is 12.1 Å². The highest BCUT2D eigenvalue weighted by Gasteiger charge is 2.56. The molecule has 1 atom stereocenters. The highest BCUT2D eigenvalue weighted by atomic mass is 16.2. The van der Waals surface area contributed by atoms with E-state index in [4.69, 9.17) is 0 Å². The largest absolute Gasteiger partial charge is 0.354 e. The number of hydrogen-bond donors (Lipinski definition) is 2. The second kappa shape index (κ2) is 4.83. The Morgan fingerprint density at radius 2 is 2.11 bits per heavy atom. The summed E-state index contributed by atoms with van der Waals surface area (Å²) in [4.78, 5) is 36.8. The van der Waals surface area contributed by atoms with Crippen LogP contribution in [0.25, 0.3) is 0 Å². The first-order valence-corrected chi connectivity index (χ1v) is 6.75. The molecule has 0 aromatic heterocycles. The number of nitrogens with one attached hydrogen (secondary N) is 2. The summed E-state index contributed by atoms with van der Waals surface area (Å²) in [7, 11) is 0. The second-order valence-electron chi connectivity index (χ2n) is 6.00. The molecule has 4 amide bonds. The van der Waals surface area contributed by atoms with Gasteiger partial charge in [0.25, 0.3) is 5.91 Å². The molecular formula is C13H21N3O3. The molecule has 0 aromatic carbocycles. The summed E-state index contributed by atoms with van der Waals surface area (Å²) in [6.07, 6.45) is 1.91. The highest BCUT2D eigenvalue weighted by molar-refractivity contribution is 6.09. The fourth-order valence-corrected chi connectivity index (χ4v) is 2.31. The first-order chi connectivity index (χ1) is 8.84. The lowest BCUT2D eigenvalue weighted by molar-refractivity contribution is -0.135. The van der Waals surface area contributed by atoms with E-state index in [1.165, 1.54) is 0 Å². The van der Waals surface area contributed by atoms with Gasteiger partial charge in [-0.2, -0.15) is 0 Å². The van der Waals surface area contributed by atoms with Crippen LogP contribution in [0.2, 0.25) is 0 Å². The molecule has 2 aliphatic rings. The van der Waals surface area contributed by atoms with Gasteiger partial charge in [-0.3, -0.25) is 14.5 Å². The van der Waals surface area contributed by atoms with Gasteiger partial charge in [-0.05, 0) is 31.6 Å². The van der Waals surface area contributed by atoms with Gasteiger partial charge in [0.15, 0.2) is 0 Å². The maximum atomic E-state index is 12.3. The lowest BCUT2D eigenvalue weighted by Crippen LogP contribution is -2.47. The quantitative estimate of drug-likeness (QED) is 0.711. The molecule has 19 heavy (non-hydrogen) atoms. The number of amides is 4. The predicted molar refractivity (Wildman–Crippen MR) is 69.2 cm³/mol. The Balaban J connectivity index is 1.95. The topological polar surface area (TPSA) is 78.5 Å². The normalized spacial score (nSPS) is 26.8. The van der Waals surface area contributed by atoms with Crippen molar-refractivity contribution in [1.29, 1.82) is 0 Å². The van der Waals surface area contributed by atoms with E-state index in [-0.39, 0.29) is 24.3 Å². The van der Waals surface area contributed by atoms with Crippen LogP contribution in [-0.2, 0) is 9.59 Å². The van der Waals surface area contributed by atoms with Gasteiger partial charge in [-0.25, -0.2) is 4.79 Å². The minimum absolute atomic E-state index is 0.195. The number of hydrogen-bond acceptors (Lipinski definition) is 3. The first kappa shape index (κ1) is 13.8. The van der Waals surface area contributed by atoms with E-state index in [1.54, 1.807) is 6.92 Å². The van der Waals surface area contributed by atoms with Crippen molar-refractivity contribution in [3.8, 4) is 0 Å². The summed E-state index contributed by atoms with van der Waals surface area (Å²) in [5.41, 5.74) is -0.810. The molecule has 1 heterocycles. The van der Waals surface area contributed by atoms with Gasteiger partial charge in [0.2, 0.25) is 5.91 Å².